The molecule has 0 unspecified atom stereocenters. The molecule has 1 saturated heterocycles. The Labute approximate surface area is 147 Å². The fraction of sp³-hybridized carbons (Fsp3) is 0.400. The fourth-order valence-electron chi connectivity index (χ4n) is 3.94. The molecule has 5 heteroatoms. The summed E-state index contributed by atoms with van der Waals surface area (Å²) in [6.07, 6.45) is 3.85. The first-order valence-corrected chi connectivity index (χ1v) is 8.92. The lowest BCUT2D eigenvalue weighted by molar-refractivity contribution is 0.0295. The van der Waals surface area contributed by atoms with Gasteiger partial charge in [-0.05, 0) is 42.5 Å². The molecule has 1 fully saturated rings. The molecule has 5 nitrogen and oxygen atoms in total. The first-order valence-electron chi connectivity index (χ1n) is 8.92. The normalized spacial score (nSPS) is 23.5. The monoisotopic (exact) mass is 337 g/mol. The highest BCUT2D eigenvalue weighted by molar-refractivity contribution is 5.92. The van der Waals surface area contributed by atoms with E-state index in [1.54, 1.807) is 23.2 Å². The summed E-state index contributed by atoms with van der Waals surface area (Å²) in [7, 11) is 0. The van der Waals surface area contributed by atoms with Gasteiger partial charge in [0.25, 0.3) is 5.91 Å². The summed E-state index contributed by atoms with van der Waals surface area (Å²) in [6.45, 7) is 0.997. The van der Waals surface area contributed by atoms with E-state index in [9.17, 15) is 9.90 Å². The maximum Gasteiger partial charge on any atom is 0.272 e. The maximum absolute atomic E-state index is 12.5. The van der Waals surface area contributed by atoms with E-state index in [1.807, 2.05) is 6.07 Å². The molecule has 2 aliphatic rings. The minimum atomic E-state index is -0.551. The van der Waals surface area contributed by atoms with Gasteiger partial charge in [-0.3, -0.25) is 9.78 Å². The number of aliphatic hydroxyl groups is 1. The third-order valence-electron chi connectivity index (χ3n) is 5.25. The van der Waals surface area contributed by atoms with Gasteiger partial charge in [0.2, 0.25) is 0 Å². The number of rotatable bonds is 3. The molecule has 1 amide bonds. The molecule has 130 valence electrons. The van der Waals surface area contributed by atoms with Crippen molar-refractivity contribution in [3.8, 4) is 0 Å². The summed E-state index contributed by atoms with van der Waals surface area (Å²) < 4.78 is 0. The summed E-state index contributed by atoms with van der Waals surface area (Å²) in [6, 6.07) is 14.2. The zero-order valence-corrected chi connectivity index (χ0v) is 14.1. The van der Waals surface area contributed by atoms with Gasteiger partial charge in [-0.1, -0.05) is 30.3 Å². The van der Waals surface area contributed by atoms with Crippen molar-refractivity contribution in [2.75, 3.05) is 13.1 Å². The Morgan fingerprint density at radius 2 is 1.84 bits per heavy atom. The lowest BCUT2D eigenvalue weighted by Crippen LogP contribution is -2.56. The van der Waals surface area contributed by atoms with Gasteiger partial charge in [-0.2, -0.15) is 0 Å². The van der Waals surface area contributed by atoms with Gasteiger partial charge in [-0.15, -0.1) is 0 Å². The second-order valence-corrected chi connectivity index (χ2v) is 6.97. The van der Waals surface area contributed by atoms with Gasteiger partial charge in [0.1, 0.15) is 5.69 Å². The van der Waals surface area contributed by atoms with Gasteiger partial charge in [-0.25, -0.2) is 0 Å². The number of aromatic nitrogens is 1. The second kappa shape index (κ2) is 6.94. The molecule has 1 aromatic carbocycles. The molecule has 0 saturated carbocycles. The molecule has 4 rings (SSSR count). The van der Waals surface area contributed by atoms with Crippen molar-refractivity contribution < 1.29 is 9.90 Å². The van der Waals surface area contributed by atoms with Crippen LogP contribution in [-0.2, 0) is 12.8 Å². The number of hydrogen-bond acceptors (Lipinski definition) is 4. The molecule has 1 aromatic heterocycles. The molecule has 25 heavy (non-hydrogen) atoms. The predicted molar refractivity (Wildman–Crippen MR) is 95.3 cm³/mol. The van der Waals surface area contributed by atoms with Crippen LogP contribution in [0.5, 0.6) is 0 Å². The van der Waals surface area contributed by atoms with Gasteiger partial charge in [0.05, 0.1) is 6.10 Å². The number of nitrogens with zero attached hydrogens (tertiary/aromatic N) is 2. The summed E-state index contributed by atoms with van der Waals surface area (Å²) in [5, 5.41) is 14.1. The summed E-state index contributed by atoms with van der Waals surface area (Å²) in [5.41, 5.74) is 3.24. The van der Waals surface area contributed by atoms with Gasteiger partial charge in [0.15, 0.2) is 0 Å². The van der Waals surface area contributed by atoms with Crippen LogP contribution in [0.1, 0.15) is 28.0 Å². The number of amides is 1. The molecule has 2 N–H and O–H groups in total. The lowest BCUT2D eigenvalue weighted by Gasteiger charge is -2.37. The Morgan fingerprint density at radius 3 is 2.48 bits per heavy atom. The second-order valence-electron chi connectivity index (χ2n) is 6.97. The van der Waals surface area contributed by atoms with E-state index in [2.05, 4.69) is 34.6 Å². The number of pyridine rings is 1. The minimum Gasteiger partial charge on any atom is -0.390 e. The number of carbonyl (C=O) groups is 1. The highest BCUT2D eigenvalue weighted by Crippen LogP contribution is 2.23. The Kier molecular flexibility index (Phi) is 4.51. The third-order valence-corrected chi connectivity index (χ3v) is 5.25. The fourth-order valence-corrected chi connectivity index (χ4v) is 3.94. The van der Waals surface area contributed by atoms with E-state index in [4.69, 9.17) is 0 Å². The number of likely N-dealkylation sites (tertiary alicyclic amines) is 1. The van der Waals surface area contributed by atoms with Gasteiger partial charge >= 0.3 is 0 Å². The SMILES string of the molecule is O=C(c1ccccn1)N1CC[C@@H](NC2Cc3ccccc3C2)[C@H](O)C1. The van der Waals surface area contributed by atoms with Crippen LogP contribution in [0.4, 0.5) is 0 Å². The van der Waals surface area contributed by atoms with Crippen LogP contribution in [0, 0.1) is 0 Å². The van der Waals surface area contributed by atoms with Crippen molar-refractivity contribution in [1.82, 2.24) is 15.2 Å². The number of hydrogen-bond donors (Lipinski definition) is 2. The number of fused-ring (bicyclic) bond motifs is 1. The van der Waals surface area contributed by atoms with Crippen LogP contribution in [-0.4, -0.2) is 52.2 Å². The average molecular weight is 337 g/mol. The van der Waals surface area contributed by atoms with Crippen molar-refractivity contribution in [3.63, 3.8) is 0 Å². The number of aliphatic hydroxyl groups excluding tert-OH is 1. The Balaban J connectivity index is 1.34. The Bertz CT molecular complexity index is 725. The van der Waals surface area contributed by atoms with E-state index < -0.39 is 6.10 Å². The predicted octanol–water partition coefficient (Wildman–Crippen LogP) is 1.41. The number of nitrogens with one attached hydrogen (secondary N) is 1. The molecule has 0 spiro atoms. The van der Waals surface area contributed by atoms with Crippen LogP contribution < -0.4 is 5.32 Å². The van der Waals surface area contributed by atoms with E-state index in [0.717, 1.165) is 19.3 Å². The molecule has 2 heterocycles. The minimum absolute atomic E-state index is 0.0343. The van der Waals surface area contributed by atoms with E-state index in [-0.39, 0.29) is 11.9 Å². The van der Waals surface area contributed by atoms with Crippen molar-refractivity contribution in [2.45, 2.75) is 37.5 Å². The lowest BCUT2D eigenvalue weighted by atomic mass is 9.99. The summed E-state index contributed by atoms with van der Waals surface area (Å²) in [5.74, 6) is -0.105. The number of piperidine rings is 1. The van der Waals surface area contributed by atoms with Crippen LogP contribution in [0.3, 0.4) is 0 Å². The number of β-amino-alcohol motifs (C(OH)–C–C–N with tert-alkyl or cyclic N) is 1. The van der Waals surface area contributed by atoms with Crippen LogP contribution in [0.15, 0.2) is 48.7 Å². The first kappa shape index (κ1) is 16.2. The van der Waals surface area contributed by atoms with Crippen LogP contribution >= 0.6 is 0 Å². The smallest absolute Gasteiger partial charge is 0.272 e. The topological polar surface area (TPSA) is 65.5 Å². The van der Waals surface area contributed by atoms with Crippen LogP contribution in [0.2, 0.25) is 0 Å². The molecule has 1 aliphatic heterocycles. The largest absolute Gasteiger partial charge is 0.390 e. The quantitative estimate of drug-likeness (QED) is 0.889. The van der Waals surface area contributed by atoms with E-state index in [1.165, 1.54) is 11.1 Å². The standard InChI is InChI=1S/C20H23N3O2/c24-19-13-23(20(25)18-7-3-4-9-21-18)10-8-17(19)22-16-11-14-5-1-2-6-15(14)12-16/h1-7,9,16-17,19,22,24H,8,10-13H2/t17-,19-/m1/s1. The molecule has 0 bridgehead atoms. The first-order chi connectivity index (χ1) is 12.2. The van der Waals surface area contributed by atoms with Gasteiger partial charge in [0, 0.05) is 31.4 Å². The summed E-state index contributed by atoms with van der Waals surface area (Å²) >= 11 is 0. The van der Waals surface area contributed by atoms with Crippen molar-refractivity contribution in [1.29, 1.82) is 0 Å². The number of benzene rings is 1. The third kappa shape index (κ3) is 3.43. The molecular weight excluding hydrogens is 314 g/mol. The Morgan fingerprint density at radius 1 is 1.12 bits per heavy atom. The molecule has 0 radical (unpaired) electrons. The van der Waals surface area contributed by atoms with Crippen molar-refractivity contribution in [3.05, 3.63) is 65.5 Å². The molecule has 2 aromatic rings. The highest BCUT2D eigenvalue weighted by Gasteiger charge is 2.33. The molecule has 1 aliphatic carbocycles. The zero-order valence-electron chi connectivity index (χ0n) is 14.1. The molecular formula is C20H23N3O2. The molecule has 2 atom stereocenters. The van der Waals surface area contributed by atoms with Crippen molar-refractivity contribution >= 4 is 5.91 Å². The average Bonchev–Trinajstić information content (AvgIpc) is 3.06. The van der Waals surface area contributed by atoms with E-state index >= 15 is 0 Å². The maximum atomic E-state index is 12.5. The van der Waals surface area contributed by atoms with Crippen molar-refractivity contribution in [2.24, 2.45) is 0 Å². The highest BCUT2D eigenvalue weighted by atomic mass is 16.3. The van der Waals surface area contributed by atoms with E-state index in [0.29, 0.717) is 24.8 Å². The summed E-state index contributed by atoms with van der Waals surface area (Å²) in [4.78, 5) is 18.3. The zero-order chi connectivity index (χ0) is 17.2. The van der Waals surface area contributed by atoms with Gasteiger partial charge < -0.3 is 15.3 Å². The Hall–Kier alpha value is -2.24. The van der Waals surface area contributed by atoms with Crippen LogP contribution in [0.25, 0.3) is 0 Å². The number of carbonyl (C=O) groups excluding carboxylic acids is 1.